The molecule has 1 saturated carbocycles. The van der Waals surface area contributed by atoms with E-state index in [1.807, 2.05) is 11.8 Å². The normalized spacial score (nSPS) is 22.0. The summed E-state index contributed by atoms with van der Waals surface area (Å²) in [7, 11) is 0. The molecule has 0 radical (unpaired) electrons. The molecular weight excluding hydrogens is 272 g/mol. The first-order valence-corrected chi connectivity index (χ1v) is 8.14. The van der Waals surface area contributed by atoms with E-state index in [2.05, 4.69) is 15.3 Å². The van der Waals surface area contributed by atoms with Crippen LogP contribution < -0.4 is 5.73 Å². The number of nitrogens with two attached hydrogens (primary N) is 1. The van der Waals surface area contributed by atoms with Crippen LogP contribution in [0.25, 0.3) is 0 Å². The summed E-state index contributed by atoms with van der Waals surface area (Å²) in [6, 6.07) is 0. The van der Waals surface area contributed by atoms with Gasteiger partial charge in [0.05, 0.1) is 16.1 Å². The van der Waals surface area contributed by atoms with Gasteiger partial charge in [0.25, 0.3) is 0 Å². The summed E-state index contributed by atoms with van der Waals surface area (Å²) in [6.07, 6.45) is 1.95. The van der Waals surface area contributed by atoms with E-state index in [0.29, 0.717) is 6.54 Å². The Kier molecular flexibility index (Phi) is 3.79. The van der Waals surface area contributed by atoms with E-state index >= 15 is 0 Å². The molecule has 0 spiro atoms. The van der Waals surface area contributed by atoms with Crippen LogP contribution in [0, 0.1) is 12.3 Å². The molecule has 1 aliphatic carbocycles. The zero-order chi connectivity index (χ0) is 14.2. The van der Waals surface area contributed by atoms with E-state index in [0.717, 1.165) is 56.3 Å². The Morgan fingerprint density at radius 2 is 2.10 bits per heavy atom. The molecule has 0 unspecified atom stereocenters. The van der Waals surface area contributed by atoms with Crippen molar-refractivity contribution in [3.63, 3.8) is 0 Å². The average molecular weight is 294 g/mol. The Hall–Kier alpha value is -0.980. The Labute approximate surface area is 123 Å². The van der Waals surface area contributed by atoms with E-state index in [1.165, 1.54) is 0 Å². The molecule has 1 aromatic heterocycles. The Morgan fingerprint density at radius 3 is 2.60 bits per heavy atom. The van der Waals surface area contributed by atoms with Crippen molar-refractivity contribution in [3.05, 3.63) is 16.1 Å². The van der Waals surface area contributed by atoms with Gasteiger partial charge in [0, 0.05) is 44.6 Å². The highest BCUT2D eigenvalue weighted by Crippen LogP contribution is 2.46. The maximum Gasteiger partial charge on any atom is 0.230 e. The molecule has 1 amide bonds. The number of nitrogens with zero attached hydrogens (tertiary/aromatic N) is 3. The fourth-order valence-corrected chi connectivity index (χ4v) is 3.41. The molecule has 2 heterocycles. The minimum absolute atomic E-state index is 0.200. The monoisotopic (exact) mass is 294 g/mol. The first kappa shape index (κ1) is 14.0. The third-order valence-corrected chi connectivity index (χ3v) is 5.23. The lowest BCUT2D eigenvalue weighted by molar-refractivity contribution is -0.138. The van der Waals surface area contributed by atoms with Gasteiger partial charge in [-0.25, -0.2) is 4.98 Å². The number of hydrogen-bond acceptors (Lipinski definition) is 5. The topological polar surface area (TPSA) is 62.5 Å². The second-order valence-corrected chi connectivity index (χ2v) is 6.97. The Morgan fingerprint density at radius 1 is 1.40 bits per heavy atom. The molecule has 0 aromatic carbocycles. The summed E-state index contributed by atoms with van der Waals surface area (Å²) in [6.45, 7) is 6.95. The van der Waals surface area contributed by atoms with Gasteiger partial charge in [-0.2, -0.15) is 0 Å². The van der Waals surface area contributed by atoms with Crippen molar-refractivity contribution in [2.75, 3.05) is 32.7 Å². The minimum Gasteiger partial charge on any atom is -0.340 e. The number of aryl methyl sites for hydroxylation is 1. The van der Waals surface area contributed by atoms with Crippen molar-refractivity contribution in [3.8, 4) is 0 Å². The molecule has 2 N–H and O–H groups in total. The van der Waals surface area contributed by atoms with E-state index in [1.54, 1.807) is 11.3 Å². The molecule has 5 nitrogen and oxygen atoms in total. The lowest BCUT2D eigenvalue weighted by Gasteiger charge is -2.36. The maximum atomic E-state index is 12.4. The SMILES string of the molecule is Cc1nc(CN2CCN(C(=O)C3(CN)CC3)CC2)cs1. The fraction of sp³-hybridized carbons (Fsp3) is 0.714. The van der Waals surface area contributed by atoms with E-state index in [-0.39, 0.29) is 11.3 Å². The standard InChI is InChI=1S/C14H22N4OS/c1-11-16-12(9-20-11)8-17-4-6-18(7-5-17)13(19)14(10-15)2-3-14/h9H,2-8,10,15H2,1H3. The molecule has 2 aliphatic rings. The number of piperazine rings is 1. The van der Waals surface area contributed by atoms with Crippen molar-refractivity contribution < 1.29 is 4.79 Å². The summed E-state index contributed by atoms with van der Waals surface area (Å²) < 4.78 is 0. The molecule has 1 saturated heterocycles. The minimum atomic E-state index is -0.200. The van der Waals surface area contributed by atoms with Gasteiger partial charge in [-0.15, -0.1) is 11.3 Å². The van der Waals surface area contributed by atoms with Gasteiger partial charge in [-0.3, -0.25) is 9.69 Å². The summed E-state index contributed by atoms with van der Waals surface area (Å²) in [4.78, 5) is 21.3. The van der Waals surface area contributed by atoms with Crippen LogP contribution in [-0.4, -0.2) is 53.4 Å². The highest BCUT2D eigenvalue weighted by atomic mass is 32.1. The summed E-state index contributed by atoms with van der Waals surface area (Å²) in [5.41, 5.74) is 6.69. The molecule has 6 heteroatoms. The predicted octanol–water partition coefficient (Wildman–Crippen LogP) is 0.835. The van der Waals surface area contributed by atoms with Crippen LogP contribution in [0.2, 0.25) is 0 Å². The number of aromatic nitrogens is 1. The van der Waals surface area contributed by atoms with Gasteiger partial charge in [0.1, 0.15) is 0 Å². The number of carbonyl (C=O) groups is 1. The number of thiazole rings is 1. The molecule has 0 bridgehead atoms. The van der Waals surface area contributed by atoms with Crippen molar-refractivity contribution in [2.24, 2.45) is 11.1 Å². The van der Waals surface area contributed by atoms with E-state index in [4.69, 9.17) is 5.73 Å². The fourth-order valence-electron chi connectivity index (χ4n) is 2.81. The number of carbonyl (C=O) groups excluding carboxylic acids is 1. The summed E-state index contributed by atoms with van der Waals surface area (Å²) >= 11 is 1.70. The average Bonchev–Trinajstić information content (AvgIpc) is 3.17. The number of hydrogen-bond donors (Lipinski definition) is 1. The predicted molar refractivity (Wildman–Crippen MR) is 79.4 cm³/mol. The molecule has 1 aromatic rings. The lowest BCUT2D eigenvalue weighted by Crippen LogP contribution is -2.51. The van der Waals surface area contributed by atoms with E-state index in [9.17, 15) is 4.79 Å². The number of rotatable bonds is 4. The van der Waals surface area contributed by atoms with Gasteiger partial charge in [-0.1, -0.05) is 0 Å². The van der Waals surface area contributed by atoms with Gasteiger partial charge in [0.15, 0.2) is 0 Å². The van der Waals surface area contributed by atoms with Gasteiger partial charge >= 0.3 is 0 Å². The summed E-state index contributed by atoms with van der Waals surface area (Å²) in [5, 5.41) is 3.24. The molecule has 2 fully saturated rings. The highest BCUT2D eigenvalue weighted by molar-refractivity contribution is 7.09. The zero-order valence-electron chi connectivity index (χ0n) is 12.0. The van der Waals surface area contributed by atoms with Crippen LogP contribution in [-0.2, 0) is 11.3 Å². The Bertz CT molecular complexity index is 489. The van der Waals surface area contributed by atoms with Crippen LogP contribution in [0.3, 0.4) is 0 Å². The van der Waals surface area contributed by atoms with Crippen molar-refractivity contribution >= 4 is 17.2 Å². The van der Waals surface area contributed by atoms with Crippen LogP contribution >= 0.6 is 11.3 Å². The van der Waals surface area contributed by atoms with Crippen molar-refractivity contribution in [1.82, 2.24) is 14.8 Å². The van der Waals surface area contributed by atoms with Crippen molar-refractivity contribution in [2.45, 2.75) is 26.3 Å². The zero-order valence-corrected chi connectivity index (χ0v) is 12.8. The van der Waals surface area contributed by atoms with Crippen LogP contribution in [0.5, 0.6) is 0 Å². The third kappa shape index (κ3) is 2.73. The largest absolute Gasteiger partial charge is 0.340 e. The Balaban J connectivity index is 1.51. The maximum absolute atomic E-state index is 12.4. The van der Waals surface area contributed by atoms with E-state index < -0.39 is 0 Å². The smallest absolute Gasteiger partial charge is 0.230 e. The molecule has 1 aliphatic heterocycles. The first-order chi connectivity index (χ1) is 9.63. The second-order valence-electron chi connectivity index (χ2n) is 5.91. The molecule has 110 valence electrons. The molecule has 20 heavy (non-hydrogen) atoms. The molecule has 0 atom stereocenters. The van der Waals surface area contributed by atoms with Gasteiger partial charge in [0.2, 0.25) is 5.91 Å². The summed E-state index contributed by atoms with van der Waals surface area (Å²) in [5.74, 6) is 0.282. The third-order valence-electron chi connectivity index (χ3n) is 4.41. The van der Waals surface area contributed by atoms with Crippen LogP contribution in [0.15, 0.2) is 5.38 Å². The lowest BCUT2D eigenvalue weighted by atomic mass is 10.1. The number of amides is 1. The molecule has 3 rings (SSSR count). The first-order valence-electron chi connectivity index (χ1n) is 7.26. The van der Waals surface area contributed by atoms with Crippen molar-refractivity contribution in [1.29, 1.82) is 0 Å². The van der Waals surface area contributed by atoms with Gasteiger partial charge in [-0.05, 0) is 19.8 Å². The quantitative estimate of drug-likeness (QED) is 0.893. The van der Waals surface area contributed by atoms with Gasteiger partial charge < -0.3 is 10.6 Å². The highest BCUT2D eigenvalue weighted by Gasteiger charge is 2.50. The van der Waals surface area contributed by atoms with Crippen LogP contribution in [0.1, 0.15) is 23.5 Å². The van der Waals surface area contributed by atoms with Crippen LogP contribution in [0.4, 0.5) is 0 Å². The molecular formula is C14H22N4OS. The second kappa shape index (κ2) is 5.42.